The van der Waals surface area contributed by atoms with Crippen LogP contribution in [0.15, 0.2) is 53.6 Å². The molecule has 0 heterocycles. The van der Waals surface area contributed by atoms with Crippen molar-refractivity contribution in [2.24, 2.45) is 5.10 Å². The first-order chi connectivity index (χ1) is 12.3. The fourth-order valence-corrected chi connectivity index (χ4v) is 2.15. The molecule has 2 aromatic carbocycles. The summed E-state index contributed by atoms with van der Waals surface area (Å²) < 4.78 is 5.19. The molecule has 2 aromatic rings. The normalized spacial score (nSPS) is 11.3. The number of carbonyl (C=O) groups is 1. The highest BCUT2D eigenvalue weighted by atomic mass is 16.6. The van der Waals surface area contributed by atoms with Crippen LogP contribution in [0.3, 0.4) is 0 Å². The minimum Gasteiger partial charge on any atom is -0.477 e. The standard InChI is InChI=1S/C19H21N3O4/c1-19(2,3)15-10-8-14(9-11-15)12-20-21-18(23)13-26-17-7-5-4-6-16(17)22(24)25/h4-12H,13H2,1-3H3,(H,21,23). The van der Waals surface area contributed by atoms with Gasteiger partial charge in [0.05, 0.1) is 11.1 Å². The molecule has 1 amide bonds. The van der Waals surface area contributed by atoms with Gasteiger partial charge in [-0.1, -0.05) is 57.2 Å². The Morgan fingerprint density at radius 1 is 1.19 bits per heavy atom. The molecular formula is C19H21N3O4. The molecule has 1 N–H and O–H groups in total. The molecular weight excluding hydrogens is 334 g/mol. The third kappa shape index (κ3) is 5.41. The fraction of sp³-hybridized carbons (Fsp3) is 0.263. The highest BCUT2D eigenvalue weighted by Crippen LogP contribution is 2.25. The highest BCUT2D eigenvalue weighted by Gasteiger charge is 2.15. The average Bonchev–Trinajstić information content (AvgIpc) is 2.60. The first kappa shape index (κ1) is 19.1. The number of hydrogen-bond donors (Lipinski definition) is 1. The predicted molar refractivity (Wildman–Crippen MR) is 99.5 cm³/mol. The van der Waals surface area contributed by atoms with Crippen LogP contribution in [0.1, 0.15) is 31.9 Å². The number of hydrazone groups is 1. The quantitative estimate of drug-likeness (QED) is 0.488. The predicted octanol–water partition coefficient (Wildman–Crippen LogP) is 3.42. The minimum absolute atomic E-state index is 0.0365. The number of benzene rings is 2. The number of amides is 1. The molecule has 26 heavy (non-hydrogen) atoms. The number of nitro groups is 1. The van der Waals surface area contributed by atoms with Crippen LogP contribution < -0.4 is 10.2 Å². The molecule has 0 radical (unpaired) electrons. The van der Waals surface area contributed by atoms with Gasteiger partial charge in [0, 0.05) is 6.07 Å². The summed E-state index contributed by atoms with van der Waals surface area (Å²) in [6, 6.07) is 13.7. The molecule has 0 saturated carbocycles. The van der Waals surface area contributed by atoms with Crippen molar-refractivity contribution >= 4 is 17.8 Å². The summed E-state index contributed by atoms with van der Waals surface area (Å²) in [5.41, 5.74) is 4.26. The lowest BCUT2D eigenvalue weighted by Crippen LogP contribution is -2.24. The molecule has 136 valence electrons. The van der Waals surface area contributed by atoms with E-state index >= 15 is 0 Å². The maximum Gasteiger partial charge on any atom is 0.310 e. The molecule has 7 nitrogen and oxygen atoms in total. The number of nitro benzene ring substituents is 1. The zero-order valence-electron chi connectivity index (χ0n) is 14.9. The van der Waals surface area contributed by atoms with Gasteiger partial charge in [-0.05, 0) is 22.6 Å². The van der Waals surface area contributed by atoms with E-state index in [4.69, 9.17) is 4.74 Å². The second-order valence-electron chi connectivity index (χ2n) is 6.68. The van der Waals surface area contributed by atoms with Crippen LogP contribution in [0.4, 0.5) is 5.69 Å². The monoisotopic (exact) mass is 355 g/mol. The molecule has 0 bridgehead atoms. The number of nitrogens with one attached hydrogen (secondary N) is 1. The molecule has 0 fully saturated rings. The lowest BCUT2D eigenvalue weighted by Gasteiger charge is -2.18. The Balaban J connectivity index is 1.87. The van der Waals surface area contributed by atoms with Gasteiger partial charge >= 0.3 is 5.69 Å². The summed E-state index contributed by atoms with van der Waals surface area (Å²) in [6.45, 7) is 6.03. The van der Waals surface area contributed by atoms with Gasteiger partial charge in [-0.3, -0.25) is 14.9 Å². The number of nitrogens with zero attached hydrogens (tertiary/aromatic N) is 2. The summed E-state index contributed by atoms with van der Waals surface area (Å²) in [5.74, 6) is -0.472. The van der Waals surface area contributed by atoms with Crippen LogP contribution in [0.5, 0.6) is 5.75 Å². The zero-order valence-corrected chi connectivity index (χ0v) is 14.9. The Bertz CT molecular complexity index is 808. The smallest absolute Gasteiger partial charge is 0.310 e. The van der Waals surface area contributed by atoms with Crippen molar-refractivity contribution < 1.29 is 14.5 Å². The van der Waals surface area contributed by atoms with Crippen molar-refractivity contribution in [1.82, 2.24) is 5.43 Å². The van der Waals surface area contributed by atoms with E-state index in [2.05, 4.69) is 31.3 Å². The van der Waals surface area contributed by atoms with Crippen molar-refractivity contribution in [3.63, 3.8) is 0 Å². The molecule has 2 rings (SSSR count). The Labute approximate surface area is 151 Å². The van der Waals surface area contributed by atoms with Crippen molar-refractivity contribution in [1.29, 1.82) is 0 Å². The topological polar surface area (TPSA) is 93.8 Å². The van der Waals surface area contributed by atoms with Crippen LogP contribution in [-0.2, 0) is 10.2 Å². The SMILES string of the molecule is CC(C)(C)c1ccc(C=NNC(=O)COc2ccccc2[N+](=O)[O-])cc1. The number of hydrogen-bond acceptors (Lipinski definition) is 5. The van der Waals surface area contributed by atoms with E-state index in [-0.39, 0.29) is 23.5 Å². The van der Waals surface area contributed by atoms with Gasteiger partial charge in [0.15, 0.2) is 12.4 Å². The van der Waals surface area contributed by atoms with E-state index in [1.54, 1.807) is 6.07 Å². The largest absolute Gasteiger partial charge is 0.477 e. The molecule has 0 aliphatic rings. The number of ether oxygens (including phenoxy) is 1. The third-order valence-electron chi connectivity index (χ3n) is 3.60. The first-order valence-electron chi connectivity index (χ1n) is 8.06. The van der Waals surface area contributed by atoms with Crippen molar-refractivity contribution in [3.05, 3.63) is 69.8 Å². The molecule has 0 unspecified atom stereocenters. The Kier molecular flexibility index (Phi) is 6.06. The summed E-state index contributed by atoms with van der Waals surface area (Å²) in [7, 11) is 0. The molecule has 0 aliphatic carbocycles. The van der Waals surface area contributed by atoms with Gasteiger partial charge < -0.3 is 4.74 Å². The highest BCUT2D eigenvalue weighted by molar-refractivity contribution is 5.83. The number of para-hydroxylation sites is 2. The summed E-state index contributed by atoms with van der Waals surface area (Å²) in [6.07, 6.45) is 1.52. The van der Waals surface area contributed by atoms with E-state index in [1.807, 2.05) is 24.3 Å². The second kappa shape index (κ2) is 8.24. The van der Waals surface area contributed by atoms with E-state index in [0.29, 0.717) is 0 Å². The lowest BCUT2D eigenvalue weighted by molar-refractivity contribution is -0.385. The van der Waals surface area contributed by atoms with Gasteiger partial charge in [-0.2, -0.15) is 5.10 Å². The van der Waals surface area contributed by atoms with Gasteiger partial charge in [0.25, 0.3) is 5.91 Å². The molecule has 0 atom stereocenters. The van der Waals surface area contributed by atoms with Gasteiger partial charge in [-0.15, -0.1) is 0 Å². The summed E-state index contributed by atoms with van der Waals surface area (Å²) in [5, 5.41) is 14.7. The fourth-order valence-electron chi connectivity index (χ4n) is 2.15. The van der Waals surface area contributed by atoms with Gasteiger partial charge in [0.2, 0.25) is 0 Å². The van der Waals surface area contributed by atoms with Crippen LogP contribution in [-0.4, -0.2) is 23.7 Å². The molecule has 0 spiro atoms. The van der Waals surface area contributed by atoms with Gasteiger partial charge in [-0.25, -0.2) is 5.43 Å². The maximum absolute atomic E-state index is 11.8. The van der Waals surface area contributed by atoms with Gasteiger partial charge in [0.1, 0.15) is 0 Å². The Morgan fingerprint density at radius 3 is 2.46 bits per heavy atom. The number of rotatable bonds is 6. The first-order valence-corrected chi connectivity index (χ1v) is 8.06. The summed E-state index contributed by atoms with van der Waals surface area (Å²) in [4.78, 5) is 22.1. The average molecular weight is 355 g/mol. The third-order valence-corrected chi connectivity index (χ3v) is 3.60. The van der Waals surface area contributed by atoms with E-state index in [9.17, 15) is 14.9 Å². The summed E-state index contributed by atoms with van der Waals surface area (Å²) >= 11 is 0. The second-order valence-corrected chi connectivity index (χ2v) is 6.68. The molecule has 0 aromatic heterocycles. The Morgan fingerprint density at radius 2 is 1.85 bits per heavy atom. The van der Waals surface area contributed by atoms with Crippen molar-refractivity contribution in [2.75, 3.05) is 6.61 Å². The van der Waals surface area contributed by atoms with Crippen LogP contribution in [0.2, 0.25) is 0 Å². The van der Waals surface area contributed by atoms with E-state index in [0.717, 1.165) is 5.56 Å². The minimum atomic E-state index is -0.563. The van der Waals surface area contributed by atoms with Crippen LogP contribution >= 0.6 is 0 Å². The van der Waals surface area contributed by atoms with E-state index in [1.165, 1.54) is 30.0 Å². The van der Waals surface area contributed by atoms with Crippen LogP contribution in [0.25, 0.3) is 0 Å². The Hall–Kier alpha value is -3.22. The molecule has 7 heteroatoms. The van der Waals surface area contributed by atoms with Crippen LogP contribution in [0, 0.1) is 10.1 Å². The lowest BCUT2D eigenvalue weighted by atomic mass is 9.87. The van der Waals surface area contributed by atoms with Crippen molar-refractivity contribution in [2.45, 2.75) is 26.2 Å². The molecule has 0 aliphatic heterocycles. The van der Waals surface area contributed by atoms with Crippen molar-refractivity contribution in [3.8, 4) is 5.75 Å². The maximum atomic E-state index is 11.8. The number of carbonyl (C=O) groups excluding carboxylic acids is 1. The zero-order chi connectivity index (χ0) is 19.2. The molecule has 0 saturated heterocycles. The van der Waals surface area contributed by atoms with E-state index < -0.39 is 10.8 Å².